The zero-order chi connectivity index (χ0) is 21.5. The quantitative estimate of drug-likeness (QED) is 0.424. The van der Waals surface area contributed by atoms with Crippen molar-refractivity contribution in [3.05, 3.63) is 54.1 Å². The lowest BCUT2D eigenvalue weighted by Gasteiger charge is -2.27. The topological polar surface area (TPSA) is 70.2 Å². The first-order valence-corrected chi connectivity index (χ1v) is 11.7. The summed E-state index contributed by atoms with van der Waals surface area (Å²) in [5.41, 5.74) is 4.10. The summed E-state index contributed by atoms with van der Waals surface area (Å²) in [6, 6.07) is 16.4. The summed E-state index contributed by atoms with van der Waals surface area (Å²) >= 11 is 2.82. The normalized spacial score (nSPS) is 10.8. The van der Waals surface area contributed by atoms with Gasteiger partial charge < -0.3 is 15.5 Å². The van der Waals surface area contributed by atoms with Crippen LogP contribution in [-0.4, -0.2) is 34.4 Å². The number of nitrogens with one attached hydrogen (secondary N) is 2. The molecule has 0 spiro atoms. The van der Waals surface area contributed by atoms with Crippen LogP contribution in [0.1, 0.15) is 26.3 Å². The maximum atomic E-state index is 12.3. The monoisotopic (exact) mass is 441 g/mol. The van der Waals surface area contributed by atoms with Crippen LogP contribution in [0.3, 0.4) is 0 Å². The minimum Gasteiger partial charge on any atom is -0.369 e. The van der Waals surface area contributed by atoms with Gasteiger partial charge in [0.05, 0.1) is 5.75 Å². The Morgan fingerprint density at radius 3 is 2.53 bits per heavy atom. The third-order valence-electron chi connectivity index (χ3n) is 4.57. The number of anilines is 4. The fourth-order valence-corrected chi connectivity index (χ4v) is 4.62. The van der Waals surface area contributed by atoms with Crippen LogP contribution >= 0.6 is 23.1 Å². The van der Waals surface area contributed by atoms with E-state index >= 15 is 0 Å². The average Bonchev–Trinajstić information content (AvgIpc) is 3.17. The molecule has 1 heterocycles. The van der Waals surface area contributed by atoms with Gasteiger partial charge in [0.15, 0.2) is 4.34 Å². The zero-order valence-electron chi connectivity index (χ0n) is 17.7. The number of aryl methyl sites for hydroxylation is 1. The molecule has 0 radical (unpaired) electrons. The van der Waals surface area contributed by atoms with Crippen molar-refractivity contribution in [2.45, 2.75) is 38.1 Å². The second-order valence-electron chi connectivity index (χ2n) is 7.08. The molecule has 3 rings (SSSR count). The molecule has 3 aromatic rings. The molecule has 0 bridgehead atoms. The van der Waals surface area contributed by atoms with E-state index in [1.807, 2.05) is 55.5 Å². The Morgan fingerprint density at radius 1 is 1.13 bits per heavy atom. The Kier molecular flexibility index (Phi) is 7.70. The van der Waals surface area contributed by atoms with Gasteiger partial charge in [-0.3, -0.25) is 4.79 Å². The molecule has 0 saturated carbocycles. The molecular weight excluding hydrogens is 414 g/mol. The number of amides is 1. The van der Waals surface area contributed by atoms with E-state index in [1.165, 1.54) is 23.1 Å². The summed E-state index contributed by atoms with van der Waals surface area (Å²) in [6.45, 7) is 9.47. The van der Waals surface area contributed by atoms with Gasteiger partial charge in [0, 0.05) is 29.6 Å². The Bertz CT molecular complexity index is 972. The van der Waals surface area contributed by atoms with E-state index in [9.17, 15) is 4.79 Å². The lowest BCUT2D eigenvalue weighted by atomic mass is 10.2. The summed E-state index contributed by atoms with van der Waals surface area (Å²) in [5.74, 6) is 0.223. The number of hydrogen-bond donors (Lipinski definition) is 2. The second-order valence-corrected chi connectivity index (χ2v) is 9.28. The summed E-state index contributed by atoms with van der Waals surface area (Å²) in [4.78, 5) is 14.6. The highest BCUT2D eigenvalue weighted by molar-refractivity contribution is 8.01. The van der Waals surface area contributed by atoms with E-state index in [0.717, 1.165) is 33.5 Å². The molecule has 8 heteroatoms. The fourth-order valence-electron chi connectivity index (χ4n) is 3.05. The molecule has 0 atom stereocenters. The van der Waals surface area contributed by atoms with Gasteiger partial charge in [0.25, 0.3) is 0 Å². The molecule has 30 heavy (non-hydrogen) atoms. The first-order chi connectivity index (χ1) is 14.5. The summed E-state index contributed by atoms with van der Waals surface area (Å²) in [6.07, 6.45) is 0. The summed E-state index contributed by atoms with van der Waals surface area (Å²) in [5, 5.41) is 15.3. The van der Waals surface area contributed by atoms with Gasteiger partial charge >= 0.3 is 0 Å². The molecule has 0 unspecified atom stereocenters. The van der Waals surface area contributed by atoms with E-state index in [4.69, 9.17) is 0 Å². The van der Waals surface area contributed by atoms with Crippen LogP contribution in [-0.2, 0) is 4.79 Å². The first kappa shape index (κ1) is 22.1. The largest absolute Gasteiger partial charge is 0.369 e. The van der Waals surface area contributed by atoms with Gasteiger partial charge in [0.2, 0.25) is 11.0 Å². The van der Waals surface area contributed by atoms with Crippen LogP contribution in [0.2, 0.25) is 0 Å². The predicted molar refractivity (Wildman–Crippen MR) is 128 cm³/mol. The van der Waals surface area contributed by atoms with Crippen molar-refractivity contribution >= 4 is 51.2 Å². The first-order valence-electron chi connectivity index (χ1n) is 9.91. The second kappa shape index (κ2) is 10.4. The van der Waals surface area contributed by atoms with Crippen LogP contribution in [0.5, 0.6) is 0 Å². The molecule has 0 aliphatic carbocycles. The van der Waals surface area contributed by atoms with Crippen LogP contribution < -0.4 is 15.5 Å². The van der Waals surface area contributed by atoms with E-state index in [1.54, 1.807) is 0 Å². The number of aromatic nitrogens is 2. The molecule has 0 fully saturated rings. The van der Waals surface area contributed by atoms with E-state index in [-0.39, 0.29) is 11.7 Å². The maximum Gasteiger partial charge on any atom is 0.234 e. The van der Waals surface area contributed by atoms with Crippen LogP contribution in [0.4, 0.5) is 22.2 Å². The van der Waals surface area contributed by atoms with Crippen molar-refractivity contribution in [3.8, 4) is 0 Å². The predicted octanol–water partition coefficient (Wildman–Crippen LogP) is 5.56. The van der Waals surface area contributed by atoms with Crippen LogP contribution in [0, 0.1) is 6.92 Å². The Morgan fingerprint density at radius 2 is 1.87 bits per heavy atom. The standard InChI is InChI=1S/C22H27N5OS2/c1-5-27(15(2)3)18-12-10-17(11-13-18)23-20(28)14-29-22-26-25-21(30-22)24-19-9-7-6-8-16(19)4/h6-13,15H,5,14H2,1-4H3,(H,23,28)(H,24,25). The number of para-hydroxylation sites is 1. The van der Waals surface area contributed by atoms with Gasteiger partial charge in [-0.1, -0.05) is 41.3 Å². The maximum absolute atomic E-state index is 12.3. The number of nitrogens with zero attached hydrogens (tertiary/aromatic N) is 3. The fraction of sp³-hybridized carbons (Fsp3) is 0.318. The lowest BCUT2D eigenvalue weighted by Crippen LogP contribution is -2.30. The van der Waals surface area contributed by atoms with E-state index < -0.39 is 0 Å². The van der Waals surface area contributed by atoms with Crippen molar-refractivity contribution in [1.29, 1.82) is 0 Å². The van der Waals surface area contributed by atoms with Crippen molar-refractivity contribution in [2.24, 2.45) is 0 Å². The van der Waals surface area contributed by atoms with Crippen LogP contribution in [0.15, 0.2) is 52.9 Å². The van der Waals surface area contributed by atoms with Gasteiger partial charge in [-0.2, -0.15) is 0 Å². The third kappa shape index (κ3) is 5.96. The van der Waals surface area contributed by atoms with Gasteiger partial charge in [0.1, 0.15) is 0 Å². The van der Waals surface area contributed by atoms with Gasteiger partial charge in [-0.25, -0.2) is 0 Å². The van der Waals surface area contributed by atoms with Gasteiger partial charge in [-0.05, 0) is 63.6 Å². The van der Waals surface area contributed by atoms with Crippen molar-refractivity contribution in [3.63, 3.8) is 0 Å². The Labute approximate surface area is 186 Å². The lowest BCUT2D eigenvalue weighted by molar-refractivity contribution is -0.113. The SMILES string of the molecule is CCN(c1ccc(NC(=O)CSc2nnc(Nc3ccccc3C)s2)cc1)C(C)C. The molecule has 1 amide bonds. The Hall–Kier alpha value is -2.58. The molecule has 0 aliphatic rings. The molecule has 1 aromatic heterocycles. The zero-order valence-corrected chi connectivity index (χ0v) is 19.3. The average molecular weight is 442 g/mol. The molecule has 2 aromatic carbocycles. The van der Waals surface area contributed by atoms with E-state index in [2.05, 4.69) is 46.5 Å². The van der Waals surface area contributed by atoms with Crippen molar-refractivity contribution in [1.82, 2.24) is 10.2 Å². The number of hydrogen-bond acceptors (Lipinski definition) is 7. The molecule has 2 N–H and O–H groups in total. The van der Waals surface area contributed by atoms with Crippen molar-refractivity contribution < 1.29 is 4.79 Å². The number of rotatable bonds is 9. The summed E-state index contributed by atoms with van der Waals surface area (Å²) in [7, 11) is 0. The van der Waals surface area contributed by atoms with E-state index in [0.29, 0.717) is 11.2 Å². The number of thioether (sulfide) groups is 1. The Balaban J connectivity index is 1.50. The van der Waals surface area contributed by atoms with Crippen molar-refractivity contribution in [2.75, 3.05) is 27.8 Å². The summed E-state index contributed by atoms with van der Waals surface area (Å²) < 4.78 is 0.757. The van der Waals surface area contributed by atoms with Crippen LogP contribution in [0.25, 0.3) is 0 Å². The minimum atomic E-state index is -0.0624. The number of benzene rings is 2. The molecular formula is C22H27N5OS2. The number of carbonyl (C=O) groups is 1. The third-order valence-corrected chi connectivity index (χ3v) is 6.54. The van der Waals surface area contributed by atoms with Gasteiger partial charge in [-0.15, -0.1) is 10.2 Å². The smallest absolute Gasteiger partial charge is 0.234 e. The molecule has 158 valence electrons. The minimum absolute atomic E-state index is 0.0624. The molecule has 0 saturated heterocycles. The molecule has 6 nitrogen and oxygen atoms in total. The highest BCUT2D eigenvalue weighted by atomic mass is 32.2. The highest BCUT2D eigenvalue weighted by Gasteiger charge is 2.11. The molecule has 0 aliphatic heterocycles. The highest BCUT2D eigenvalue weighted by Crippen LogP contribution is 2.29. The number of carbonyl (C=O) groups excluding carboxylic acids is 1.